The minimum atomic E-state index is -0.213. The monoisotopic (exact) mass is 370 g/mol. The predicted molar refractivity (Wildman–Crippen MR) is 108 cm³/mol. The number of carbonyl (C=O) groups is 1. The molecule has 4 heterocycles. The fourth-order valence-electron chi connectivity index (χ4n) is 3.40. The van der Waals surface area contributed by atoms with E-state index in [1.165, 1.54) is 18.6 Å². The van der Waals surface area contributed by atoms with Crippen molar-refractivity contribution in [2.24, 2.45) is 9.98 Å². The number of aromatic nitrogens is 2. The Kier molecular flexibility index (Phi) is 4.09. The normalized spacial score (nSPS) is 22.8. The SMILES string of the molecule is O=C1/C=C\OCCCc2ccc3c(n2)/C(=C\n2c4c(c/c2=C/N=C\1)N=4)CC=C3. The molecule has 2 aromatic rings. The Morgan fingerprint density at radius 1 is 1.18 bits per heavy atom. The number of nitrogens with zero attached hydrogens (tertiary/aromatic N) is 4. The number of aryl methyl sites for hydroxylation is 1. The van der Waals surface area contributed by atoms with Gasteiger partial charge in [-0.05, 0) is 37.0 Å². The molecule has 2 bridgehead atoms. The molecule has 0 unspecified atom stereocenters. The van der Waals surface area contributed by atoms with Crippen molar-refractivity contribution in [3.05, 3.63) is 64.4 Å². The highest BCUT2D eigenvalue weighted by Gasteiger charge is 2.17. The fraction of sp³-hybridized carbons (Fsp3) is 0.182. The summed E-state index contributed by atoms with van der Waals surface area (Å²) in [5.74, 6) is -0.213. The molecule has 0 N–H and O–H groups in total. The standard InChI is InChI=1S/C22H18N4O2/c27-19-8-10-28-9-2-5-17-7-6-15-3-1-4-16(21(15)24-17)14-26-18(12-23-13-19)11-20-22(26)25-20/h1,3,6-8,10-14H,2,4-5,9H2/b10-8-,16-14-,18-12-,23-13-. The number of aliphatic imine (C=N–C) groups is 1. The van der Waals surface area contributed by atoms with E-state index < -0.39 is 0 Å². The molecule has 28 heavy (non-hydrogen) atoms. The first-order chi connectivity index (χ1) is 13.8. The molecule has 138 valence electrons. The molecule has 6 nitrogen and oxygen atoms in total. The summed E-state index contributed by atoms with van der Waals surface area (Å²) in [5, 5.41) is 0.883. The van der Waals surface area contributed by atoms with Crippen molar-refractivity contribution in [3.8, 4) is 0 Å². The smallest absolute Gasteiger partial charge is 0.199 e. The van der Waals surface area contributed by atoms with Crippen LogP contribution < -0.4 is 10.8 Å². The van der Waals surface area contributed by atoms with Gasteiger partial charge in [-0.1, -0.05) is 18.2 Å². The fourth-order valence-corrected chi connectivity index (χ4v) is 3.40. The van der Waals surface area contributed by atoms with E-state index >= 15 is 0 Å². The van der Waals surface area contributed by atoms with E-state index in [0.717, 1.165) is 58.3 Å². The summed E-state index contributed by atoms with van der Waals surface area (Å²) in [6, 6.07) is 6.15. The Bertz CT molecular complexity index is 1210. The molecule has 0 amide bonds. The molecule has 0 radical (unpaired) electrons. The van der Waals surface area contributed by atoms with Gasteiger partial charge < -0.3 is 4.74 Å². The summed E-state index contributed by atoms with van der Waals surface area (Å²) in [4.78, 5) is 25.3. The predicted octanol–water partition coefficient (Wildman–Crippen LogP) is 2.42. The third-order valence-corrected chi connectivity index (χ3v) is 4.84. The van der Waals surface area contributed by atoms with E-state index in [2.05, 4.69) is 40.5 Å². The van der Waals surface area contributed by atoms with Gasteiger partial charge in [-0.3, -0.25) is 19.3 Å². The quantitative estimate of drug-likeness (QED) is 0.610. The molecule has 5 rings (SSSR count). The average molecular weight is 370 g/mol. The number of rotatable bonds is 0. The van der Waals surface area contributed by atoms with Crippen LogP contribution >= 0.6 is 0 Å². The van der Waals surface area contributed by atoms with Crippen LogP contribution in [0.25, 0.3) is 24.0 Å². The lowest BCUT2D eigenvalue weighted by atomic mass is 9.97. The topological polar surface area (TPSA) is 68.8 Å². The second-order valence-corrected chi connectivity index (χ2v) is 6.85. The molecule has 2 aliphatic heterocycles. The summed E-state index contributed by atoms with van der Waals surface area (Å²) >= 11 is 0. The molecule has 3 aliphatic rings. The molecule has 0 aromatic carbocycles. The molecular weight excluding hydrogens is 352 g/mol. The Balaban J connectivity index is 1.63. The summed E-state index contributed by atoms with van der Waals surface area (Å²) < 4.78 is 7.42. The number of carbonyl (C=O) groups excluding carboxylic acids is 1. The minimum absolute atomic E-state index is 0.213. The Labute approximate surface area is 161 Å². The highest BCUT2D eigenvalue weighted by atomic mass is 16.5. The van der Waals surface area contributed by atoms with Crippen molar-refractivity contribution in [2.75, 3.05) is 6.61 Å². The molecule has 0 saturated heterocycles. The molecule has 1 aliphatic carbocycles. The zero-order valence-electron chi connectivity index (χ0n) is 15.2. The maximum absolute atomic E-state index is 11.8. The maximum Gasteiger partial charge on any atom is 0.199 e. The van der Waals surface area contributed by atoms with Crippen molar-refractivity contribution in [2.45, 2.75) is 19.3 Å². The lowest BCUT2D eigenvalue weighted by molar-refractivity contribution is -0.108. The first-order valence-corrected chi connectivity index (χ1v) is 9.31. The van der Waals surface area contributed by atoms with Crippen LogP contribution in [0.5, 0.6) is 0 Å². The number of hydrogen-bond acceptors (Lipinski definition) is 5. The zero-order valence-corrected chi connectivity index (χ0v) is 15.2. The number of hydrogen-bond donors (Lipinski definition) is 0. The summed E-state index contributed by atoms with van der Waals surface area (Å²) in [6.45, 7) is 0.535. The Morgan fingerprint density at radius 2 is 2.14 bits per heavy atom. The van der Waals surface area contributed by atoms with Gasteiger partial charge in [-0.15, -0.1) is 0 Å². The van der Waals surface area contributed by atoms with E-state index in [0.29, 0.717) is 6.61 Å². The van der Waals surface area contributed by atoms with Gasteiger partial charge in [0.05, 0.1) is 36.3 Å². The van der Waals surface area contributed by atoms with Crippen LogP contribution in [0.2, 0.25) is 0 Å². The van der Waals surface area contributed by atoms with E-state index in [1.54, 1.807) is 6.20 Å². The van der Waals surface area contributed by atoms with Crippen LogP contribution in [-0.2, 0) is 16.0 Å². The van der Waals surface area contributed by atoms with Gasteiger partial charge in [-0.25, -0.2) is 4.99 Å². The van der Waals surface area contributed by atoms with E-state index in [9.17, 15) is 4.79 Å². The minimum Gasteiger partial charge on any atom is -0.501 e. The van der Waals surface area contributed by atoms with Crippen LogP contribution in [0.3, 0.4) is 0 Å². The molecule has 0 saturated carbocycles. The third kappa shape index (κ3) is 3.24. The van der Waals surface area contributed by atoms with Crippen LogP contribution in [0.4, 0.5) is 5.69 Å². The average Bonchev–Trinajstić information content (AvgIpc) is 3.39. The van der Waals surface area contributed by atoms with Crippen LogP contribution in [0, 0.1) is 0 Å². The Morgan fingerprint density at radius 3 is 3.11 bits per heavy atom. The van der Waals surface area contributed by atoms with Crippen molar-refractivity contribution < 1.29 is 9.53 Å². The van der Waals surface area contributed by atoms with Crippen molar-refractivity contribution >= 4 is 41.7 Å². The highest BCUT2D eigenvalue weighted by molar-refractivity contribution is 6.33. The number of ketones is 1. The number of pyridine rings is 1. The third-order valence-electron chi connectivity index (χ3n) is 4.84. The molecular formula is C22H18N4O2. The van der Waals surface area contributed by atoms with Crippen molar-refractivity contribution in [1.29, 1.82) is 0 Å². The number of fused-ring (bicyclic) bond motifs is 4. The van der Waals surface area contributed by atoms with E-state index in [4.69, 9.17) is 9.72 Å². The highest BCUT2D eigenvalue weighted by Crippen LogP contribution is 2.28. The second kappa shape index (κ2) is 6.88. The number of allylic oxidation sites excluding steroid dienone is 3. The van der Waals surface area contributed by atoms with Crippen LogP contribution in [0.15, 0.2) is 46.6 Å². The first kappa shape index (κ1) is 16.6. The van der Waals surface area contributed by atoms with Crippen LogP contribution in [0.1, 0.15) is 29.8 Å². The van der Waals surface area contributed by atoms with E-state index in [1.807, 2.05) is 10.6 Å². The van der Waals surface area contributed by atoms with Gasteiger partial charge >= 0.3 is 0 Å². The zero-order chi connectivity index (χ0) is 18.9. The molecule has 0 spiro atoms. The second-order valence-electron chi connectivity index (χ2n) is 6.85. The largest absolute Gasteiger partial charge is 0.501 e. The van der Waals surface area contributed by atoms with Gasteiger partial charge in [-0.2, -0.15) is 0 Å². The van der Waals surface area contributed by atoms with Crippen molar-refractivity contribution in [3.63, 3.8) is 0 Å². The van der Waals surface area contributed by atoms with Gasteiger partial charge in [0.2, 0.25) is 0 Å². The molecule has 0 fully saturated rings. The van der Waals surface area contributed by atoms with Gasteiger partial charge in [0.1, 0.15) is 5.69 Å². The van der Waals surface area contributed by atoms with Gasteiger partial charge in [0, 0.05) is 23.5 Å². The Hall–Kier alpha value is -3.54. The molecule has 0 atom stereocenters. The maximum atomic E-state index is 11.8. The molecule has 2 aromatic heterocycles. The molecule has 6 heteroatoms. The summed E-state index contributed by atoms with van der Waals surface area (Å²) in [6.07, 6.45) is 14.6. The van der Waals surface area contributed by atoms with Gasteiger partial charge in [0.25, 0.3) is 0 Å². The van der Waals surface area contributed by atoms with Gasteiger partial charge in [0.15, 0.2) is 11.3 Å². The first-order valence-electron chi connectivity index (χ1n) is 9.31. The van der Waals surface area contributed by atoms with Crippen molar-refractivity contribution in [1.82, 2.24) is 9.55 Å². The number of ether oxygens (including phenoxy) is 1. The van der Waals surface area contributed by atoms with E-state index in [-0.39, 0.29) is 5.78 Å². The van der Waals surface area contributed by atoms with Crippen LogP contribution in [-0.4, -0.2) is 28.2 Å². The summed E-state index contributed by atoms with van der Waals surface area (Å²) in [5.41, 5.74) is 6.20. The lowest BCUT2D eigenvalue weighted by Gasteiger charge is -2.15. The lowest BCUT2D eigenvalue weighted by Crippen LogP contribution is -2.19. The summed E-state index contributed by atoms with van der Waals surface area (Å²) in [7, 11) is 0.